The van der Waals surface area contributed by atoms with Crippen LogP contribution >= 0.6 is 0 Å². The molecule has 1 aliphatic rings. The highest BCUT2D eigenvalue weighted by molar-refractivity contribution is 7.89. The van der Waals surface area contributed by atoms with Crippen molar-refractivity contribution in [1.82, 2.24) is 19.2 Å². The van der Waals surface area contributed by atoms with Gasteiger partial charge in [0.15, 0.2) is 0 Å². The summed E-state index contributed by atoms with van der Waals surface area (Å²) in [6, 6.07) is 12.6. The number of hydrogen-bond donors (Lipinski definition) is 1. The lowest BCUT2D eigenvalue weighted by atomic mass is 10.1. The second-order valence-corrected chi connectivity index (χ2v) is 9.72. The molecule has 1 aromatic heterocycles. The lowest BCUT2D eigenvalue weighted by molar-refractivity contribution is 0.0950. The number of benzene rings is 2. The molecule has 1 amide bonds. The van der Waals surface area contributed by atoms with Crippen LogP contribution in [0.4, 0.5) is 0 Å². The van der Waals surface area contributed by atoms with Crippen LogP contribution in [0.15, 0.2) is 59.8 Å². The monoisotopic (exact) mass is 438 g/mol. The number of sulfonamides is 1. The highest BCUT2D eigenvalue weighted by Crippen LogP contribution is 2.23. The fraction of sp³-hybridized carbons (Fsp3) is 0.304. The first-order valence-corrected chi connectivity index (χ1v) is 11.8. The van der Waals surface area contributed by atoms with E-state index in [1.54, 1.807) is 18.3 Å². The summed E-state index contributed by atoms with van der Waals surface area (Å²) in [5.41, 5.74) is 3.07. The Morgan fingerprint density at radius 1 is 1.06 bits per heavy atom. The van der Waals surface area contributed by atoms with Crippen molar-refractivity contribution >= 4 is 15.9 Å². The Labute approximate surface area is 182 Å². The summed E-state index contributed by atoms with van der Waals surface area (Å²) in [4.78, 5) is 17.2. The highest BCUT2D eigenvalue weighted by Gasteiger charge is 2.28. The summed E-state index contributed by atoms with van der Waals surface area (Å²) >= 11 is 0. The summed E-state index contributed by atoms with van der Waals surface area (Å²) in [5, 5.41) is 2.90. The molecule has 0 unspecified atom stereocenters. The first-order valence-electron chi connectivity index (χ1n) is 10.3. The predicted molar refractivity (Wildman–Crippen MR) is 119 cm³/mol. The summed E-state index contributed by atoms with van der Waals surface area (Å²) < 4.78 is 29.2. The van der Waals surface area contributed by atoms with Gasteiger partial charge in [-0.15, -0.1) is 0 Å². The van der Waals surface area contributed by atoms with Crippen LogP contribution in [0.3, 0.4) is 0 Å². The Morgan fingerprint density at radius 2 is 1.77 bits per heavy atom. The van der Waals surface area contributed by atoms with Crippen LogP contribution in [-0.4, -0.2) is 41.3 Å². The smallest absolute Gasteiger partial charge is 0.251 e. The number of nitrogens with zero attached hydrogens (tertiary/aromatic N) is 3. The normalized spacial score (nSPS) is 14.6. The van der Waals surface area contributed by atoms with Gasteiger partial charge in [0, 0.05) is 43.3 Å². The van der Waals surface area contributed by atoms with Gasteiger partial charge in [-0.3, -0.25) is 4.79 Å². The third kappa shape index (κ3) is 4.40. The maximum absolute atomic E-state index is 12.8. The molecule has 0 radical (unpaired) electrons. The van der Waals surface area contributed by atoms with E-state index in [-0.39, 0.29) is 10.8 Å². The van der Waals surface area contributed by atoms with E-state index >= 15 is 0 Å². The Hall–Kier alpha value is -2.97. The van der Waals surface area contributed by atoms with Crippen LogP contribution in [0.1, 0.15) is 40.2 Å². The number of aromatic nitrogens is 2. The fourth-order valence-electron chi connectivity index (χ4n) is 3.79. The maximum atomic E-state index is 12.8. The molecule has 1 fully saturated rings. The average molecular weight is 439 g/mol. The highest BCUT2D eigenvalue weighted by atomic mass is 32.2. The number of aryl methyl sites for hydroxylation is 2. The van der Waals surface area contributed by atoms with Crippen molar-refractivity contribution in [2.45, 2.75) is 38.1 Å². The molecule has 0 spiro atoms. The van der Waals surface area contributed by atoms with Gasteiger partial charge in [-0.05, 0) is 62.1 Å². The lowest BCUT2D eigenvalue weighted by Crippen LogP contribution is -2.29. The summed E-state index contributed by atoms with van der Waals surface area (Å²) in [6.07, 6.45) is 5.40. The van der Waals surface area contributed by atoms with E-state index in [2.05, 4.69) is 10.3 Å². The largest absolute Gasteiger partial charge is 0.348 e. The predicted octanol–water partition coefficient (Wildman–Crippen LogP) is 3.20. The topological polar surface area (TPSA) is 84.3 Å². The minimum absolute atomic E-state index is 0.171. The van der Waals surface area contributed by atoms with Gasteiger partial charge in [-0.25, -0.2) is 13.4 Å². The molecule has 1 N–H and O–H groups in total. The molecule has 0 atom stereocenters. The van der Waals surface area contributed by atoms with Crippen LogP contribution in [-0.2, 0) is 16.6 Å². The second-order valence-electron chi connectivity index (χ2n) is 7.78. The molecule has 162 valence electrons. The third-order valence-corrected chi connectivity index (χ3v) is 7.54. The second kappa shape index (κ2) is 8.64. The summed E-state index contributed by atoms with van der Waals surface area (Å²) in [7, 11) is -3.56. The minimum atomic E-state index is -3.56. The molecule has 4 rings (SSSR count). The first kappa shape index (κ1) is 21.3. The molecule has 1 aliphatic heterocycles. The third-order valence-electron chi connectivity index (χ3n) is 5.65. The number of rotatable bonds is 6. The summed E-state index contributed by atoms with van der Waals surface area (Å²) in [5.74, 6) is 0.616. The van der Waals surface area contributed by atoms with Crippen molar-refractivity contribution in [3.63, 3.8) is 0 Å². The van der Waals surface area contributed by atoms with Gasteiger partial charge in [0.25, 0.3) is 5.91 Å². The van der Waals surface area contributed by atoms with Gasteiger partial charge in [-0.2, -0.15) is 4.31 Å². The Balaban J connectivity index is 1.47. The fourth-order valence-corrected chi connectivity index (χ4v) is 5.33. The quantitative estimate of drug-likeness (QED) is 0.641. The van der Waals surface area contributed by atoms with Crippen molar-refractivity contribution in [2.24, 2.45) is 0 Å². The standard InChI is InChI=1S/C23H26N4O3S/c1-17-5-10-21(31(29,30)26-12-3-4-13-26)15-22(17)23(28)25-16-19-6-8-20(9-7-19)27-14-11-24-18(27)2/h5-11,14-15H,3-4,12-13,16H2,1-2H3,(H,25,28). The number of carbonyl (C=O) groups excluding carboxylic acids is 1. The average Bonchev–Trinajstić information content (AvgIpc) is 3.45. The molecular formula is C23H26N4O3S. The molecule has 8 heteroatoms. The molecule has 3 aromatic rings. The zero-order valence-electron chi connectivity index (χ0n) is 17.7. The molecule has 0 aliphatic carbocycles. The van der Waals surface area contributed by atoms with Gasteiger partial charge >= 0.3 is 0 Å². The Kier molecular flexibility index (Phi) is 5.93. The van der Waals surface area contributed by atoms with Gasteiger partial charge in [-0.1, -0.05) is 18.2 Å². The van der Waals surface area contributed by atoms with E-state index in [1.807, 2.05) is 48.9 Å². The van der Waals surface area contributed by atoms with E-state index in [1.165, 1.54) is 10.4 Å². The molecular weight excluding hydrogens is 412 g/mol. The molecule has 2 aromatic carbocycles. The van der Waals surface area contributed by atoms with Crippen LogP contribution in [0.25, 0.3) is 5.69 Å². The SMILES string of the molecule is Cc1ccc(S(=O)(=O)N2CCCC2)cc1C(=O)NCc1ccc(-n2ccnc2C)cc1. The maximum Gasteiger partial charge on any atom is 0.251 e. The van der Waals surface area contributed by atoms with E-state index in [4.69, 9.17) is 0 Å². The number of imidazole rings is 1. The van der Waals surface area contributed by atoms with Crippen molar-refractivity contribution < 1.29 is 13.2 Å². The molecule has 0 bridgehead atoms. The summed E-state index contributed by atoms with van der Waals surface area (Å²) in [6.45, 7) is 5.17. The molecule has 2 heterocycles. The van der Waals surface area contributed by atoms with Crippen molar-refractivity contribution in [3.05, 3.63) is 77.4 Å². The van der Waals surface area contributed by atoms with Crippen LogP contribution in [0.5, 0.6) is 0 Å². The number of nitrogens with one attached hydrogen (secondary N) is 1. The molecule has 0 saturated carbocycles. The van der Waals surface area contributed by atoms with Crippen LogP contribution in [0.2, 0.25) is 0 Å². The van der Waals surface area contributed by atoms with Gasteiger partial charge in [0.1, 0.15) is 5.82 Å². The zero-order chi connectivity index (χ0) is 22.0. The van der Waals surface area contributed by atoms with E-state index in [0.29, 0.717) is 25.2 Å². The first-order chi connectivity index (χ1) is 14.9. The number of hydrogen-bond acceptors (Lipinski definition) is 4. The van der Waals surface area contributed by atoms with E-state index < -0.39 is 10.0 Å². The van der Waals surface area contributed by atoms with Crippen molar-refractivity contribution in [3.8, 4) is 5.69 Å². The Bertz CT molecular complexity index is 1190. The minimum Gasteiger partial charge on any atom is -0.348 e. The molecule has 7 nitrogen and oxygen atoms in total. The van der Waals surface area contributed by atoms with Crippen molar-refractivity contribution in [2.75, 3.05) is 13.1 Å². The Morgan fingerprint density at radius 3 is 2.42 bits per heavy atom. The van der Waals surface area contributed by atoms with Crippen LogP contribution in [0, 0.1) is 13.8 Å². The van der Waals surface area contributed by atoms with Gasteiger partial charge in [0.05, 0.1) is 4.90 Å². The molecule has 1 saturated heterocycles. The molecule has 31 heavy (non-hydrogen) atoms. The number of amides is 1. The van der Waals surface area contributed by atoms with E-state index in [9.17, 15) is 13.2 Å². The number of carbonyl (C=O) groups is 1. The van der Waals surface area contributed by atoms with E-state index in [0.717, 1.165) is 35.5 Å². The van der Waals surface area contributed by atoms with Crippen molar-refractivity contribution in [1.29, 1.82) is 0 Å². The van der Waals surface area contributed by atoms with Gasteiger partial charge < -0.3 is 9.88 Å². The van der Waals surface area contributed by atoms with Gasteiger partial charge in [0.2, 0.25) is 10.0 Å². The lowest BCUT2D eigenvalue weighted by Gasteiger charge is -2.17. The zero-order valence-corrected chi connectivity index (χ0v) is 18.5. The van der Waals surface area contributed by atoms with Crippen LogP contribution < -0.4 is 5.32 Å².